The maximum Gasteiger partial charge on any atom is 0.355 e. The number of aromatic nitrogens is 4. The lowest BCUT2D eigenvalue weighted by Gasteiger charge is -2.12. The third kappa shape index (κ3) is 4.48. The van der Waals surface area contributed by atoms with Gasteiger partial charge in [0.2, 0.25) is 0 Å². The van der Waals surface area contributed by atoms with E-state index in [0.717, 1.165) is 22.9 Å². The summed E-state index contributed by atoms with van der Waals surface area (Å²) in [5, 5.41) is 9.09. The molecule has 0 unspecified atom stereocenters. The summed E-state index contributed by atoms with van der Waals surface area (Å²) in [6.45, 7) is 2.01. The molecular weight excluding hydrogens is 503 g/mol. The number of fused-ring (bicyclic) bond motifs is 3. The molecule has 0 spiro atoms. The average molecular weight is 521 g/mol. The minimum atomic E-state index is -0.574. The van der Waals surface area contributed by atoms with Gasteiger partial charge in [0.05, 0.1) is 11.0 Å². The average Bonchev–Trinajstić information content (AvgIpc) is 3.42. The molecule has 0 atom stereocenters. The second-order valence-corrected chi connectivity index (χ2v) is 9.13. The second-order valence-electron chi connectivity index (χ2n) is 8.26. The van der Waals surface area contributed by atoms with Gasteiger partial charge in [-0.1, -0.05) is 23.2 Å². The Morgan fingerprint density at radius 1 is 0.889 bits per heavy atom. The second kappa shape index (κ2) is 9.56. The van der Waals surface area contributed by atoms with Gasteiger partial charge in [-0.25, -0.2) is 4.79 Å². The van der Waals surface area contributed by atoms with E-state index in [-0.39, 0.29) is 18.8 Å². The van der Waals surface area contributed by atoms with E-state index >= 15 is 0 Å². The summed E-state index contributed by atoms with van der Waals surface area (Å²) in [6, 6.07) is 15.2. The fourth-order valence-corrected chi connectivity index (χ4v) is 4.78. The highest BCUT2D eigenvalue weighted by Crippen LogP contribution is 2.26. The van der Waals surface area contributed by atoms with Crippen LogP contribution in [0.1, 0.15) is 48.2 Å². The largest absolute Gasteiger partial charge is 0.456 e. The summed E-state index contributed by atoms with van der Waals surface area (Å²) in [5.74, 6) is 0.0920. The van der Waals surface area contributed by atoms with Gasteiger partial charge in [0.15, 0.2) is 5.65 Å². The van der Waals surface area contributed by atoms with Crippen LogP contribution in [0.3, 0.4) is 0 Å². The monoisotopic (exact) mass is 520 g/mol. The van der Waals surface area contributed by atoms with Crippen molar-refractivity contribution < 1.29 is 19.1 Å². The smallest absolute Gasteiger partial charge is 0.355 e. The van der Waals surface area contributed by atoms with Crippen molar-refractivity contribution >= 4 is 58.4 Å². The summed E-state index contributed by atoms with van der Waals surface area (Å²) < 4.78 is 9.26. The fraction of sp³-hybridized carbons (Fsp3) is 0.115. The van der Waals surface area contributed by atoms with Crippen LogP contribution in [0.2, 0.25) is 10.0 Å². The van der Waals surface area contributed by atoms with E-state index in [1.807, 2.05) is 23.5 Å². The minimum Gasteiger partial charge on any atom is -0.456 e. The lowest BCUT2D eigenvalue weighted by Crippen LogP contribution is -2.13. The molecule has 0 bridgehead atoms. The lowest BCUT2D eigenvalue weighted by molar-refractivity contribution is 0.0461. The molecule has 10 heteroatoms. The van der Waals surface area contributed by atoms with Crippen molar-refractivity contribution in [2.24, 2.45) is 0 Å². The van der Waals surface area contributed by atoms with Crippen molar-refractivity contribution in [2.45, 2.75) is 20.1 Å². The molecule has 0 aliphatic heterocycles. The Hall–Kier alpha value is -4.01. The number of hydrogen-bond acceptors (Lipinski definition) is 6. The van der Waals surface area contributed by atoms with Gasteiger partial charge in [0.25, 0.3) is 0 Å². The molecule has 8 nitrogen and oxygen atoms in total. The van der Waals surface area contributed by atoms with Gasteiger partial charge >= 0.3 is 5.97 Å². The first-order valence-corrected chi connectivity index (χ1v) is 11.6. The van der Waals surface area contributed by atoms with Crippen LogP contribution in [0.25, 0.3) is 16.7 Å². The van der Waals surface area contributed by atoms with Crippen LogP contribution in [0, 0.1) is 6.92 Å². The number of nitrogens with zero attached hydrogens (tertiary/aromatic N) is 4. The van der Waals surface area contributed by atoms with E-state index in [2.05, 4.69) is 10.2 Å². The van der Waals surface area contributed by atoms with Crippen molar-refractivity contribution in [3.8, 4) is 0 Å². The Bertz CT molecular complexity index is 1670. The molecule has 0 N–H and O–H groups in total. The Balaban J connectivity index is 1.58. The molecule has 0 saturated heterocycles. The molecule has 0 saturated carbocycles. The highest BCUT2D eigenvalue weighted by Gasteiger charge is 2.21. The standard InChI is InChI=1S/C26H18Cl2N4O4/c1-15-29-30-25-3-2-22-23(32(15)25)10-24(31(22)11-16-4-17(12-33)7-20(27)6-16)26(35)36-14-19-5-18(13-34)8-21(28)9-19/h2-10,12-13H,11,14H2,1H3. The number of esters is 1. The topological polar surface area (TPSA) is 95.6 Å². The number of ether oxygens (including phenoxy) is 1. The quantitative estimate of drug-likeness (QED) is 0.212. The normalized spacial score (nSPS) is 11.2. The molecule has 0 aliphatic carbocycles. The van der Waals surface area contributed by atoms with Gasteiger partial charge < -0.3 is 9.30 Å². The summed E-state index contributed by atoms with van der Waals surface area (Å²) in [4.78, 5) is 35.8. The van der Waals surface area contributed by atoms with Crippen LogP contribution in [-0.4, -0.2) is 37.7 Å². The first kappa shape index (κ1) is 23.7. The van der Waals surface area contributed by atoms with Gasteiger partial charge in [-0.3, -0.25) is 14.0 Å². The van der Waals surface area contributed by atoms with Crippen LogP contribution in [0.15, 0.2) is 54.6 Å². The van der Waals surface area contributed by atoms with Gasteiger partial charge in [-0.2, -0.15) is 0 Å². The zero-order valence-electron chi connectivity index (χ0n) is 18.9. The van der Waals surface area contributed by atoms with Gasteiger partial charge in [-0.05, 0) is 72.6 Å². The van der Waals surface area contributed by atoms with Crippen LogP contribution in [0.5, 0.6) is 0 Å². The summed E-state index contributed by atoms with van der Waals surface area (Å²) in [5.41, 5.74) is 4.55. The number of carbonyl (C=O) groups excluding carboxylic acids is 3. The third-order valence-electron chi connectivity index (χ3n) is 5.75. The minimum absolute atomic E-state index is 0.0741. The molecule has 0 radical (unpaired) electrons. The van der Waals surface area contributed by atoms with Crippen molar-refractivity contribution in [1.82, 2.24) is 19.2 Å². The van der Waals surface area contributed by atoms with Gasteiger partial charge in [0.1, 0.15) is 30.7 Å². The van der Waals surface area contributed by atoms with Crippen molar-refractivity contribution in [1.29, 1.82) is 0 Å². The van der Waals surface area contributed by atoms with E-state index in [1.165, 1.54) is 6.07 Å². The van der Waals surface area contributed by atoms with Crippen molar-refractivity contribution in [3.05, 3.63) is 98.4 Å². The maximum absolute atomic E-state index is 13.3. The van der Waals surface area contributed by atoms with Crippen LogP contribution in [-0.2, 0) is 17.9 Å². The van der Waals surface area contributed by atoms with E-state index in [9.17, 15) is 14.4 Å². The molecule has 3 aromatic heterocycles. The van der Waals surface area contributed by atoms with E-state index in [0.29, 0.717) is 44.5 Å². The molecule has 3 heterocycles. The molecule has 5 aromatic rings. The number of halogens is 2. The summed E-state index contributed by atoms with van der Waals surface area (Å²) in [7, 11) is 0. The number of aldehydes is 2. The Kier molecular flexibility index (Phi) is 6.30. The Morgan fingerprint density at radius 2 is 1.56 bits per heavy atom. The molecule has 0 fully saturated rings. The molecule has 36 heavy (non-hydrogen) atoms. The Morgan fingerprint density at radius 3 is 2.25 bits per heavy atom. The number of benzene rings is 2. The number of carbonyl (C=O) groups is 3. The molecule has 0 amide bonds. The molecule has 0 aliphatic rings. The van der Waals surface area contributed by atoms with Crippen molar-refractivity contribution in [3.63, 3.8) is 0 Å². The first-order valence-electron chi connectivity index (χ1n) is 10.9. The van der Waals surface area contributed by atoms with E-state index in [4.69, 9.17) is 27.9 Å². The van der Waals surface area contributed by atoms with Gasteiger partial charge in [-0.15, -0.1) is 10.2 Å². The maximum atomic E-state index is 13.3. The predicted octanol–water partition coefficient (Wildman–Crippen LogP) is 5.33. The molecule has 5 rings (SSSR count). The van der Waals surface area contributed by atoms with Gasteiger partial charge in [0, 0.05) is 27.7 Å². The zero-order valence-corrected chi connectivity index (χ0v) is 20.5. The van der Waals surface area contributed by atoms with E-state index in [1.54, 1.807) is 41.0 Å². The molecule has 2 aromatic carbocycles. The lowest BCUT2D eigenvalue weighted by atomic mass is 10.1. The number of aryl methyl sites for hydroxylation is 1. The Labute approximate surface area is 215 Å². The first-order chi connectivity index (χ1) is 17.4. The highest BCUT2D eigenvalue weighted by atomic mass is 35.5. The fourth-order valence-electron chi connectivity index (χ4n) is 4.25. The van der Waals surface area contributed by atoms with Crippen LogP contribution >= 0.6 is 23.2 Å². The number of pyridine rings is 1. The predicted molar refractivity (Wildman–Crippen MR) is 135 cm³/mol. The zero-order chi connectivity index (χ0) is 25.4. The summed E-state index contributed by atoms with van der Waals surface area (Å²) in [6.07, 6.45) is 1.40. The SMILES string of the molecule is Cc1nnc2ccc3c(cc(C(=O)OCc4cc(Cl)cc(C=O)c4)n3Cc3cc(Cl)cc(C=O)c3)n12. The van der Waals surface area contributed by atoms with Crippen LogP contribution < -0.4 is 0 Å². The highest BCUT2D eigenvalue weighted by molar-refractivity contribution is 6.31. The van der Waals surface area contributed by atoms with Crippen molar-refractivity contribution in [2.75, 3.05) is 0 Å². The van der Waals surface area contributed by atoms with Crippen LogP contribution in [0.4, 0.5) is 0 Å². The molecule has 180 valence electrons. The summed E-state index contributed by atoms with van der Waals surface area (Å²) >= 11 is 12.3. The number of hydrogen-bond donors (Lipinski definition) is 0. The van der Waals surface area contributed by atoms with E-state index < -0.39 is 5.97 Å². The third-order valence-corrected chi connectivity index (χ3v) is 6.19. The number of rotatable bonds is 7. The molecular formula is C26H18Cl2N4O4.